The van der Waals surface area contributed by atoms with Crippen molar-refractivity contribution in [2.24, 2.45) is 11.8 Å². The second-order valence-corrected chi connectivity index (χ2v) is 7.39. The van der Waals surface area contributed by atoms with Crippen LogP contribution in [0.4, 0.5) is 4.79 Å². The molecule has 0 unspecified atom stereocenters. The Bertz CT molecular complexity index is 719. The topological polar surface area (TPSA) is 84.9 Å². The van der Waals surface area contributed by atoms with Gasteiger partial charge in [-0.15, -0.1) is 0 Å². The van der Waals surface area contributed by atoms with E-state index in [1.165, 1.54) is 0 Å². The molecular weight excluding hydrogens is 372 g/mol. The highest BCUT2D eigenvalue weighted by Crippen LogP contribution is 2.20. The zero-order valence-electron chi connectivity index (χ0n) is 17.3. The Hall–Kier alpha value is -2.83. The van der Waals surface area contributed by atoms with Crippen LogP contribution in [-0.4, -0.2) is 49.1 Å². The summed E-state index contributed by atoms with van der Waals surface area (Å²) in [5, 5.41) is 2.93. The smallest absolute Gasteiger partial charge is 0.434 e. The van der Waals surface area contributed by atoms with E-state index in [0.717, 1.165) is 12.8 Å². The lowest BCUT2D eigenvalue weighted by atomic mass is 9.96. The Kier molecular flexibility index (Phi) is 8.70. The van der Waals surface area contributed by atoms with Gasteiger partial charge in [0.2, 0.25) is 5.91 Å². The molecule has 0 spiro atoms. The van der Waals surface area contributed by atoms with Gasteiger partial charge >= 0.3 is 6.16 Å². The zero-order valence-corrected chi connectivity index (χ0v) is 17.3. The molecule has 0 bridgehead atoms. The third kappa shape index (κ3) is 7.60. The lowest BCUT2D eigenvalue weighted by Gasteiger charge is -2.32. The number of piperidine rings is 1. The van der Waals surface area contributed by atoms with Gasteiger partial charge in [0, 0.05) is 25.2 Å². The average molecular weight is 402 g/mol. The van der Waals surface area contributed by atoms with Crippen molar-refractivity contribution in [1.82, 2.24) is 10.2 Å². The van der Waals surface area contributed by atoms with Crippen LogP contribution >= 0.6 is 0 Å². The molecular formula is C22H30N2O5. The van der Waals surface area contributed by atoms with E-state index in [9.17, 15) is 14.4 Å². The molecule has 1 saturated heterocycles. The molecule has 0 aromatic heterocycles. The monoisotopic (exact) mass is 402 g/mol. The number of ether oxygens (including phenoxy) is 2. The molecule has 1 aromatic carbocycles. The molecule has 2 rings (SSSR count). The van der Waals surface area contributed by atoms with E-state index in [4.69, 9.17) is 9.47 Å². The molecule has 1 N–H and O–H groups in total. The van der Waals surface area contributed by atoms with E-state index >= 15 is 0 Å². The summed E-state index contributed by atoms with van der Waals surface area (Å²) in [7, 11) is 0. The summed E-state index contributed by atoms with van der Waals surface area (Å²) in [6.07, 6.45) is 4.40. The summed E-state index contributed by atoms with van der Waals surface area (Å²) in [4.78, 5) is 37.6. The summed E-state index contributed by atoms with van der Waals surface area (Å²) >= 11 is 0. The van der Waals surface area contributed by atoms with Crippen molar-refractivity contribution in [2.45, 2.75) is 33.6 Å². The average Bonchev–Trinajstić information content (AvgIpc) is 2.71. The number of carbonyl (C=O) groups excluding carboxylic acids is 3. The number of likely N-dealkylation sites (tertiary alicyclic amines) is 1. The van der Waals surface area contributed by atoms with Gasteiger partial charge in [-0.05, 0) is 61.9 Å². The first-order valence-electron chi connectivity index (χ1n) is 10.1. The predicted molar refractivity (Wildman–Crippen MR) is 110 cm³/mol. The Morgan fingerprint density at radius 2 is 1.83 bits per heavy atom. The molecule has 1 aromatic rings. The van der Waals surface area contributed by atoms with Crippen molar-refractivity contribution in [1.29, 1.82) is 0 Å². The van der Waals surface area contributed by atoms with Gasteiger partial charge in [0.25, 0.3) is 5.91 Å². The van der Waals surface area contributed by atoms with Crippen molar-refractivity contribution in [3.63, 3.8) is 0 Å². The molecule has 7 nitrogen and oxygen atoms in total. The second-order valence-electron chi connectivity index (χ2n) is 7.39. The fourth-order valence-electron chi connectivity index (χ4n) is 3.02. The van der Waals surface area contributed by atoms with Gasteiger partial charge in [-0.1, -0.05) is 19.9 Å². The molecule has 0 saturated carbocycles. The maximum absolute atomic E-state index is 12.7. The highest BCUT2D eigenvalue weighted by molar-refractivity contribution is 5.94. The van der Waals surface area contributed by atoms with E-state index < -0.39 is 6.16 Å². The summed E-state index contributed by atoms with van der Waals surface area (Å²) in [6.45, 7) is 7.93. The molecule has 0 aliphatic carbocycles. The maximum Gasteiger partial charge on any atom is 0.513 e. The first-order chi connectivity index (χ1) is 13.9. The lowest BCUT2D eigenvalue weighted by molar-refractivity contribution is -0.116. The highest BCUT2D eigenvalue weighted by atomic mass is 16.7. The van der Waals surface area contributed by atoms with Crippen molar-refractivity contribution in [3.8, 4) is 5.75 Å². The molecule has 2 amide bonds. The Labute approximate surface area is 172 Å². The highest BCUT2D eigenvalue weighted by Gasteiger charge is 2.24. The Morgan fingerprint density at radius 3 is 2.41 bits per heavy atom. The van der Waals surface area contributed by atoms with Gasteiger partial charge in [-0.25, -0.2) is 4.79 Å². The maximum atomic E-state index is 12.7. The number of amides is 2. The first-order valence-corrected chi connectivity index (χ1v) is 10.1. The number of allylic oxidation sites excluding steroid dienone is 1. The van der Waals surface area contributed by atoms with Crippen molar-refractivity contribution >= 4 is 18.0 Å². The van der Waals surface area contributed by atoms with E-state index in [1.807, 2.05) is 24.8 Å². The number of benzene rings is 1. The molecule has 0 radical (unpaired) electrons. The van der Waals surface area contributed by atoms with Gasteiger partial charge in [0.1, 0.15) is 5.75 Å². The fourth-order valence-corrected chi connectivity index (χ4v) is 3.02. The molecule has 1 fully saturated rings. The number of hydrogen-bond donors (Lipinski definition) is 1. The lowest BCUT2D eigenvalue weighted by Crippen LogP contribution is -2.41. The van der Waals surface area contributed by atoms with Crippen LogP contribution < -0.4 is 10.1 Å². The minimum atomic E-state index is -0.763. The van der Waals surface area contributed by atoms with Gasteiger partial charge in [0.05, 0.1) is 6.61 Å². The molecule has 7 heteroatoms. The standard InChI is InChI=1S/C22H30N2O5/c1-4-28-22(27)29-19-8-6-18(7-9-19)21(26)24-13-11-17(12-14-24)15-23-20(25)10-5-16(2)3/h5-10,16-17H,4,11-15H2,1-3H3,(H,23,25)/b10-5+. The van der Waals surface area contributed by atoms with Crippen molar-refractivity contribution in [3.05, 3.63) is 42.0 Å². The summed E-state index contributed by atoms with van der Waals surface area (Å²) in [5.41, 5.74) is 0.548. The molecule has 29 heavy (non-hydrogen) atoms. The van der Waals surface area contributed by atoms with E-state index in [0.29, 0.717) is 42.8 Å². The quantitative estimate of drug-likeness (QED) is 0.429. The number of hydrogen-bond acceptors (Lipinski definition) is 5. The van der Waals surface area contributed by atoms with Crippen LogP contribution in [0.25, 0.3) is 0 Å². The van der Waals surface area contributed by atoms with Crippen LogP contribution in [-0.2, 0) is 9.53 Å². The third-order valence-corrected chi connectivity index (χ3v) is 4.66. The number of nitrogens with one attached hydrogen (secondary N) is 1. The molecule has 158 valence electrons. The second kappa shape index (κ2) is 11.2. The summed E-state index contributed by atoms with van der Waals surface area (Å²) in [6, 6.07) is 6.45. The van der Waals surface area contributed by atoms with Crippen molar-refractivity contribution in [2.75, 3.05) is 26.2 Å². The molecule has 0 atom stereocenters. The van der Waals surface area contributed by atoms with Gasteiger partial charge in [0.15, 0.2) is 0 Å². The Morgan fingerprint density at radius 1 is 1.17 bits per heavy atom. The molecule has 1 heterocycles. The Balaban J connectivity index is 1.78. The molecule has 1 aliphatic rings. The van der Waals surface area contributed by atoms with Crippen LogP contribution in [0.3, 0.4) is 0 Å². The summed E-state index contributed by atoms with van der Waals surface area (Å²) in [5.74, 6) is 0.940. The normalized spacial score (nSPS) is 14.8. The van der Waals surface area contributed by atoms with Crippen LogP contribution in [0, 0.1) is 11.8 Å². The summed E-state index contributed by atoms with van der Waals surface area (Å²) < 4.78 is 9.72. The first kappa shape index (κ1) is 22.5. The minimum absolute atomic E-state index is 0.0463. The largest absolute Gasteiger partial charge is 0.513 e. The number of carbonyl (C=O) groups is 3. The van der Waals surface area contributed by atoms with Gasteiger partial charge in [-0.2, -0.15) is 0 Å². The van der Waals surface area contributed by atoms with Gasteiger partial charge in [-0.3, -0.25) is 9.59 Å². The third-order valence-electron chi connectivity index (χ3n) is 4.66. The van der Waals surface area contributed by atoms with E-state index in [-0.39, 0.29) is 18.4 Å². The minimum Gasteiger partial charge on any atom is -0.434 e. The van der Waals surface area contributed by atoms with Crippen LogP contribution in [0.5, 0.6) is 5.75 Å². The zero-order chi connectivity index (χ0) is 21.2. The molecule has 1 aliphatic heterocycles. The van der Waals surface area contributed by atoms with Crippen LogP contribution in [0.2, 0.25) is 0 Å². The van der Waals surface area contributed by atoms with Gasteiger partial charge < -0.3 is 19.7 Å². The SMILES string of the molecule is CCOC(=O)Oc1ccc(C(=O)N2CCC(CNC(=O)/C=C/C(C)C)CC2)cc1. The number of nitrogens with zero attached hydrogens (tertiary/aromatic N) is 1. The van der Waals surface area contributed by atoms with Crippen molar-refractivity contribution < 1.29 is 23.9 Å². The van der Waals surface area contributed by atoms with Crippen LogP contribution in [0.1, 0.15) is 44.0 Å². The predicted octanol–water partition coefficient (Wildman–Crippen LogP) is 3.40. The van der Waals surface area contributed by atoms with E-state index in [1.54, 1.807) is 37.3 Å². The van der Waals surface area contributed by atoms with E-state index in [2.05, 4.69) is 5.32 Å². The van der Waals surface area contributed by atoms with Crippen LogP contribution in [0.15, 0.2) is 36.4 Å². The number of rotatable bonds is 7. The fraction of sp³-hybridized carbons (Fsp3) is 0.500.